The van der Waals surface area contributed by atoms with Gasteiger partial charge in [-0.1, -0.05) is 0 Å². The van der Waals surface area contributed by atoms with E-state index in [4.69, 9.17) is 52.1 Å². The topological polar surface area (TPSA) is 653 Å². The number of aliphatic hydroxyl groups excluding tert-OH is 19. The van der Waals surface area contributed by atoms with Gasteiger partial charge in [0.2, 0.25) is 29.3 Å². The van der Waals surface area contributed by atoms with Crippen molar-refractivity contribution in [3.8, 4) is 0 Å². The molecule has 6 rings (SSSR count). The first kappa shape index (κ1) is 73.2. The maximum absolute atomic E-state index is 13.5. The van der Waals surface area contributed by atoms with E-state index in [2.05, 4.69) is 16.0 Å². The standard InChI is InChI=1S/C48H79N3O37/c1-12(58)49-23-15(61)4-47(45(74)75,85-37(23)26(65)17(63)6-52)87-39-29(68)20(9-55)80-43(32(39)71)84-36-25(51-14(3)60)42(79-19(8-54)28(36)67)83-35-22(11-57)81-44(82-34-21(10-56)78-41(73)31(70)30(34)69)33(72)40(35)88-48(46(76)77)5-16(62)24(50-13(2)59)38(86-48)27(66)18(64)7-53/h15-44,52-57,61-73H,4-11H2,1-3H3,(H,49,58)(H,50,59)(H,51,60)(H,74,75)(H,76,77)/p-2/t15-,16-,17+,18+,19+,20+,21+,22+,23+,24+,25+,26+,27+,28-,29-,30+,31+,32+,33+,34+,35-,36+,37+,38+,39-,40+,41?,42-,43-,44-,47-,48-/m0/s1. The van der Waals surface area contributed by atoms with Crippen molar-refractivity contribution >= 4 is 29.7 Å². The van der Waals surface area contributed by atoms with Crippen LogP contribution in [0.4, 0.5) is 0 Å². The Hall–Kier alpha value is -3.85. The first-order chi connectivity index (χ1) is 41.3. The predicted octanol–water partition coefficient (Wildman–Crippen LogP) is -17.9. The van der Waals surface area contributed by atoms with E-state index in [0.29, 0.717) is 0 Å². The quantitative estimate of drug-likeness (QED) is 0.0404. The number of hydrogen-bond donors (Lipinski definition) is 22. The maximum atomic E-state index is 13.5. The van der Waals surface area contributed by atoms with Gasteiger partial charge in [0.15, 0.2) is 25.2 Å². The van der Waals surface area contributed by atoms with E-state index in [1.807, 2.05) is 0 Å². The average molecular weight is 1290 g/mol. The fourth-order valence-electron chi connectivity index (χ4n) is 11.1. The smallest absolute Gasteiger partial charge is 0.217 e. The molecule has 22 N–H and O–H groups in total. The van der Waals surface area contributed by atoms with Crippen LogP contribution in [0, 0.1) is 0 Å². The van der Waals surface area contributed by atoms with Gasteiger partial charge in [-0.25, -0.2) is 0 Å². The van der Waals surface area contributed by atoms with Crippen LogP contribution in [0.1, 0.15) is 33.6 Å². The number of carbonyl (C=O) groups excluding carboxylic acids is 5. The monoisotopic (exact) mass is 1290 g/mol. The maximum Gasteiger partial charge on any atom is 0.217 e. The number of rotatable bonds is 25. The minimum atomic E-state index is -3.56. The molecular weight excluding hydrogens is 1210 g/mol. The summed E-state index contributed by atoms with van der Waals surface area (Å²) < 4.78 is 63.4. The minimum Gasteiger partial charge on any atom is -0.544 e. The second-order valence-corrected chi connectivity index (χ2v) is 21.8. The molecule has 40 nitrogen and oxygen atoms in total. The number of carboxylic acids is 2. The Balaban J connectivity index is 1.42. The van der Waals surface area contributed by atoms with E-state index >= 15 is 0 Å². The number of amides is 3. The van der Waals surface area contributed by atoms with Crippen LogP contribution in [0.5, 0.6) is 0 Å². The zero-order valence-electron chi connectivity index (χ0n) is 46.8. The third kappa shape index (κ3) is 15.6. The first-order valence-corrected chi connectivity index (χ1v) is 27.3. The molecule has 0 aromatic heterocycles. The van der Waals surface area contributed by atoms with E-state index in [-0.39, 0.29) is 0 Å². The van der Waals surface area contributed by atoms with Gasteiger partial charge >= 0.3 is 0 Å². The summed E-state index contributed by atoms with van der Waals surface area (Å²) in [5.74, 6) is -14.7. The number of nitrogens with one attached hydrogen (secondary N) is 3. The number of hydrogen-bond acceptors (Lipinski definition) is 37. The van der Waals surface area contributed by atoms with Gasteiger partial charge in [0.1, 0.15) is 146 Å². The summed E-state index contributed by atoms with van der Waals surface area (Å²) in [6.45, 7) is -4.69. The van der Waals surface area contributed by atoms with Gasteiger partial charge in [0, 0.05) is 33.6 Å². The number of carbonyl (C=O) groups is 5. The van der Waals surface area contributed by atoms with Gasteiger partial charge in [-0.2, -0.15) is 0 Å². The van der Waals surface area contributed by atoms with Crippen molar-refractivity contribution in [2.45, 2.75) is 229 Å². The Bertz CT molecular complexity index is 2320. The Morgan fingerprint density at radius 3 is 1.24 bits per heavy atom. The van der Waals surface area contributed by atoms with Gasteiger partial charge < -0.3 is 185 Å². The summed E-state index contributed by atoms with van der Waals surface area (Å²) in [4.78, 5) is 64.2. The molecule has 6 heterocycles. The predicted molar refractivity (Wildman–Crippen MR) is 263 cm³/mol. The lowest BCUT2D eigenvalue weighted by Gasteiger charge is -2.54. The van der Waals surface area contributed by atoms with Crippen LogP contribution in [0.3, 0.4) is 0 Å². The average Bonchev–Trinajstić information content (AvgIpc) is 1.30. The molecule has 6 aliphatic heterocycles. The van der Waals surface area contributed by atoms with Crippen molar-refractivity contribution in [1.29, 1.82) is 0 Å². The first-order valence-electron chi connectivity index (χ1n) is 27.3. The van der Waals surface area contributed by atoms with Crippen molar-refractivity contribution < 1.29 is 183 Å². The van der Waals surface area contributed by atoms with Crippen molar-refractivity contribution in [1.82, 2.24) is 16.0 Å². The second kappa shape index (κ2) is 30.7. The van der Waals surface area contributed by atoms with Crippen LogP contribution in [-0.2, 0) is 76.1 Å². The lowest BCUT2D eigenvalue weighted by Crippen LogP contribution is -2.73. The molecule has 0 aromatic rings. The number of carboxylic acid groups (broad SMARTS) is 2. The fourth-order valence-corrected chi connectivity index (χ4v) is 11.1. The fraction of sp³-hybridized carbons (Fsp3) is 0.896. The molecule has 3 amide bonds. The Kier molecular flexibility index (Phi) is 25.6. The second-order valence-electron chi connectivity index (χ2n) is 21.8. The van der Waals surface area contributed by atoms with Crippen LogP contribution >= 0.6 is 0 Å². The van der Waals surface area contributed by atoms with Crippen LogP contribution in [-0.4, -0.2) is 362 Å². The SMILES string of the molecule is CC(=O)N[C@H]1[C@H](O[C@@H]2[C@H](O[C@]3(C(=O)[O-])C[C@H](O)[C@@H](NC(C)=O)[C@H]([C@H](O)[C@H](O)CO)O3)[C@@H](O)[C@H](O[C@H]3[C@H](O)[C@@H](O)C(O)O[C@@H]3CO)O[C@@H]2CO)O[C@H](CO)[C@H](O)[C@@H]1O[C@@H]1O[C@H](CO)[C@H](O)[C@H](O[C@]2(C(=O)[O-])C[C@H](O)[C@@H](NC(C)=O)[C@H]([C@H](O)[C@H](O)CO)O2)[C@H]1O. The van der Waals surface area contributed by atoms with Gasteiger partial charge in [-0.05, 0) is 0 Å². The van der Waals surface area contributed by atoms with Crippen LogP contribution in [0.15, 0.2) is 0 Å². The summed E-state index contributed by atoms with van der Waals surface area (Å²) in [5, 5.41) is 239. The molecule has 1 unspecified atom stereocenters. The highest BCUT2D eigenvalue weighted by atomic mass is 16.8. The zero-order valence-corrected chi connectivity index (χ0v) is 46.8. The molecule has 40 heteroatoms. The molecule has 508 valence electrons. The van der Waals surface area contributed by atoms with Gasteiger partial charge in [0.05, 0.1) is 63.9 Å². The molecular formula is C48H77N3O37-2. The molecule has 0 spiro atoms. The van der Waals surface area contributed by atoms with Crippen molar-refractivity contribution in [2.24, 2.45) is 0 Å². The number of aliphatic carboxylic acids is 2. The highest BCUT2D eigenvalue weighted by Gasteiger charge is 2.62. The minimum absolute atomic E-state index is 0.851. The summed E-state index contributed by atoms with van der Waals surface area (Å²) in [5.41, 5.74) is 0. The highest BCUT2D eigenvalue weighted by Crippen LogP contribution is 2.42. The summed E-state index contributed by atoms with van der Waals surface area (Å²) in [6, 6.07) is -5.74. The molecule has 0 aromatic carbocycles. The van der Waals surface area contributed by atoms with Gasteiger partial charge in [0.25, 0.3) is 0 Å². The molecule has 32 atom stereocenters. The third-order valence-electron chi connectivity index (χ3n) is 15.5. The molecule has 88 heavy (non-hydrogen) atoms. The molecule has 0 aliphatic carbocycles. The molecule has 6 saturated heterocycles. The van der Waals surface area contributed by atoms with Crippen LogP contribution in [0.25, 0.3) is 0 Å². The van der Waals surface area contributed by atoms with E-state index in [1.54, 1.807) is 0 Å². The Morgan fingerprint density at radius 2 is 0.818 bits per heavy atom. The molecule has 6 aliphatic rings. The van der Waals surface area contributed by atoms with Crippen molar-refractivity contribution in [2.75, 3.05) is 39.6 Å². The van der Waals surface area contributed by atoms with E-state index in [9.17, 15) is 131 Å². The third-order valence-corrected chi connectivity index (χ3v) is 15.5. The Labute approximate surface area is 496 Å². The highest BCUT2D eigenvalue weighted by molar-refractivity contribution is 5.76. The lowest BCUT2D eigenvalue weighted by atomic mass is 9.88. The summed E-state index contributed by atoms with van der Waals surface area (Å²) >= 11 is 0. The van der Waals surface area contributed by atoms with E-state index in [1.165, 1.54) is 0 Å². The summed E-state index contributed by atoms with van der Waals surface area (Å²) in [6.07, 6.45) is -63.9. The molecule has 0 saturated carbocycles. The zero-order chi connectivity index (χ0) is 65.8. The van der Waals surface area contributed by atoms with Crippen molar-refractivity contribution in [3.05, 3.63) is 0 Å². The summed E-state index contributed by atoms with van der Waals surface area (Å²) in [7, 11) is 0. The lowest BCUT2D eigenvalue weighted by molar-refractivity contribution is -0.422. The Morgan fingerprint density at radius 1 is 0.455 bits per heavy atom. The largest absolute Gasteiger partial charge is 0.544 e. The normalized spacial score (nSPS) is 44.6. The van der Waals surface area contributed by atoms with Crippen LogP contribution in [0.2, 0.25) is 0 Å². The van der Waals surface area contributed by atoms with Crippen LogP contribution < -0.4 is 26.2 Å². The van der Waals surface area contributed by atoms with Gasteiger partial charge in [-0.15, -0.1) is 0 Å². The van der Waals surface area contributed by atoms with E-state index < -0.39 is 277 Å². The van der Waals surface area contributed by atoms with Crippen molar-refractivity contribution in [3.63, 3.8) is 0 Å². The number of aliphatic hydroxyl groups is 19. The van der Waals surface area contributed by atoms with E-state index in [0.717, 1.165) is 20.8 Å². The van der Waals surface area contributed by atoms with Gasteiger partial charge in [-0.3, -0.25) is 14.4 Å². The molecule has 6 fully saturated rings. The number of ether oxygens (including phenoxy) is 11. The molecule has 0 bridgehead atoms. The molecule has 0 radical (unpaired) electrons.